The van der Waals surface area contributed by atoms with Gasteiger partial charge in [0.2, 0.25) is 5.95 Å². The van der Waals surface area contributed by atoms with Crippen molar-refractivity contribution in [1.82, 2.24) is 20.2 Å². The number of tetrazole rings is 1. The zero-order valence-corrected chi connectivity index (χ0v) is 16.7. The number of rotatable bonds is 6. The summed E-state index contributed by atoms with van der Waals surface area (Å²) in [4.78, 5) is 12.4. The third kappa shape index (κ3) is 3.49. The molecule has 154 valence electrons. The Morgan fingerprint density at radius 2 is 2.03 bits per heavy atom. The van der Waals surface area contributed by atoms with Gasteiger partial charge in [-0.1, -0.05) is 29.4 Å². The van der Waals surface area contributed by atoms with Crippen LogP contribution in [0.2, 0.25) is 0 Å². The van der Waals surface area contributed by atoms with Gasteiger partial charge in [-0.15, -0.1) is 0 Å². The third-order valence-corrected chi connectivity index (χ3v) is 4.94. The molecule has 0 amide bonds. The molecule has 2 heterocycles. The first-order chi connectivity index (χ1) is 14.5. The highest BCUT2D eigenvalue weighted by Crippen LogP contribution is 2.38. The summed E-state index contributed by atoms with van der Waals surface area (Å²) < 4.78 is 26.7. The van der Waals surface area contributed by atoms with E-state index in [-0.39, 0.29) is 18.2 Å². The van der Waals surface area contributed by atoms with E-state index in [1.165, 1.54) is 20.1 Å². The molecule has 0 bridgehead atoms. The first-order valence-corrected chi connectivity index (χ1v) is 9.30. The first kappa shape index (κ1) is 19.6. The van der Waals surface area contributed by atoms with Gasteiger partial charge in [-0.05, 0) is 48.0 Å². The molecule has 4 rings (SSSR count). The minimum absolute atomic E-state index is 0.0601. The molecule has 8 nitrogen and oxygen atoms in total. The van der Waals surface area contributed by atoms with Gasteiger partial charge in [0.1, 0.15) is 18.5 Å². The van der Waals surface area contributed by atoms with Crippen LogP contribution in [0, 0.1) is 5.82 Å². The average Bonchev–Trinajstić information content (AvgIpc) is 3.20. The maximum atomic E-state index is 13.9. The lowest BCUT2D eigenvalue weighted by molar-refractivity contribution is -0.114. The highest BCUT2D eigenvalue weighted by atomic mass is 19.1. The van der Waals surface area contributed by atoms with E-state index in [0.29, 0.717) is 34.3 Å². The number of ketones is 1. The van der Waals surface area contributed by atoms with E-state index in [2.05, 4.69) is 20.8 Å². The Balaban J connectivity index is 1.69. The van der Waals surface area contributed by atoms with Crippen molar-refractivity contribution in [3.63, 3.8) is 0 Å². The molecule has 0 saturated carbocycles. The van der Waals surface area contributed by atoms with Crippen molar-refractivity contribution in [2.45, 2.75) is 26.5 Å². The highest BCUT2D eigenvalue weighted by Gasteiger charge is 2.32. The van der Waals surface area contributed by atoms with E-state index >= 15 is 0 Å². The van der Waals surface area contributed by atoms with Crippen molar-refractivity contribution < 1.29 is 18.7 Å². The van der Waals surface area contributed by atoms with E-state index in [0.717, 1.165) is 5.56 Å². The zero-order valence-electron chi connectivity index (χ0n) is 16.7. The molecule has 1 atom stereocenters. The summed E-state index contributed by atoms with van der Waals surface area (Å²) in [5.74, 6) is 0.935. The second-order valence-corrected chi connectivity index (χ2v) is 6.86. The molecule has 1 N–H and O–H groups in total. The van der Waals surface area contributed by atoms with Crippen LogP contribution >= 0.6 is 0 Å². The number of anilines is 1. The van der Waals surface area contributed by atoms with Crippen molar-refractivity contribution in [2.75, 3.05) is 12.4 Å². The van der Waals surface area contributed by atoms with Crippen molar-refractivity contribution in [3.05, 3.63) is 70.7 Å². The van der Waals surface area contributed by atoms with Crippen LogP contribution in [0.25, 0.3) is 0 Å². The number of carbonyl (C=O) groups excluding carboxylic acids is 1. The number of carbonyl (C=O) groups is 1. The Labute approximate surface area is 172 Å². The molecule has 0 aliphatic carbocycles. The lowest BCUT2D eigenvalue weighted by Gasteiger charge is -2.27. The van der Waals surface area contributed by atoms with Crippen LogP contribution < -0.4 is 14.8 Å². The van der Waals surface area contributed by atoms with Crippen molar-refractivity contribution in [2.24, 2.45) is 0 Å². The molecular weight excluding hydrogens is 389 g/mol. The number of nitrogens with zero attached hydrogens (tertiary/aromatic N) is 4. The standard InChI is InChI=1S/C21H20FN5O3/c1-12-19(13(2)28)20(27-21(23-12)24-25-26-27)14-8-9-17(18(10-14)29-3)30-11-15-6-4-5-7-16(15)22/h4-10,20H,11H2,1-3H3,(H,23,24,26). The van der Waals surface area contributed by atoms with Gasteiger partial charge in [0.15, 0.2) is 17.3 Å². The maximum Gasteiger partial charge on any atom is 0.248 e. The van der Waals surface area contributed by atoms with Crippen LogP contribution in [0.3, 0.4) is 0 Å². The van der Waals surface area contributed by atoms with E-state index in [9.17, 15) is 9.18 Å². The highest BCUT2D eigenvalue weighted by molar-refractivity contribution is 5.96. The van der Waals surface area contributed by atoms with Crippen LogP contribution in [-0.2, 0) is 11.4 Å². The number of methoxy groups -OCH3 is 1. The number of allylic oxidation sites excluding steroid dienone is 2. The number of hydrogen-bond acceptors (Lipinski definition) is 7. The fourth-order valence-electron chi connectivity index (χ4n) is 3.52. The molecule has 0 fully saturated rings. The quantitative estimate of drug-likeness (QED) is 0.668. The SMILES string of the molecule is COc1cc(C2C(C(C)=O)=C(C)Nc3nnnn32)ccc1OCc1ccccc1F. The Morgan fingerprint density at radius 3 is 2.77 bits per heavy atom. The molecule has 3 aromatic rings. The predicted octanol–water partition coefficient (Wildman–Crippen LogP) is 3.28. The maximum absolute atomic E-state index is 13.9. The van der Waals surface area contributed by atoms with Crippen LogP contribution in [0.15, 0.2) is 53.7 Å². The second kappa shape index (κ2) is 7.94. The average molecular weight is 409 g/mol. The Bertz CT molecular complexity index is 1140. The zero-order chi connectivity index (χ0) is 21.3. The molecule has 0 saturated heterocycles. The third-order valence-electron chi connectivity index (χ3n) is 4.94. The summed E-state index contributed by atoms with van der Waals surface area (Å²) in [7, 11) is 1.52. The van der Waals surface area contributed by atoms with Crippen LogP contribution in [0.1, 0.15) is 31.0 Å². The molecule has 2 aromatic carbocycles. The number of benzene rings is 2. The number of hydrogen-bond donors (Lipinski definition) is 1. The van der Waals surface area contributed by atoms with Crippen LogP contribution in [0.5, 0.6) is 11.5 Å². The summed E-state index contributed by atoms with van der Waals surface area (Å²) in [5.41, 5.74) is 2.44. The number of nitrogens with one attached hydrogen (secondary N) is 1. The van der Waals surface area contributed by atoms with Gasteiger partial charge in [-0.2, -0.15) is 4.68 Å². The molecular formula is C21H20FN5O3. The smallest absolute Gasteiger partial charge is 0.248 e. The van der Waals surface area contributed by atoms with Gasteiger partial charge < -0.3 is 14.8 Å². The summed E-state index contributed by atoms with van der Waals surface area (Å²) in [6.45, 7) is 3.38. The van der Waals surface area contributed by atoms with Crippen LogP contribution in [0.4, 0.5) is 10.3 Å². The minimum Gasteiger partial charge on any atom is -0.493 e. The number of halogens is 1. The van der Waals surface area contributed by atoms with Crippen molar-refractivity contribution >= 4 is 11.7 Å². The Hall–Kier alpha value is -3.75. The fraction of sp³-hybridized carbons (Fsp3) is 0.238. The lowest BCUT2D eigenvalue weighted by Crippen LogP contribution is -2.27. The summed E-state index contributed by atoms with van der Waals surface area (Å²) in [5, 5.41) is 14.8. The topological polar surface area (TPSA) is 91.2 Å². The number of Topliss-reactive ketones (excluding diaryl/α,β-unsaturated/α-hetero) is 1. The van der Waals surface area contributed by atoms with Gasteiger partial charge in [0, 0.05) is 16.8 Å². The van der Waals surface area contributed by atoms with Gasteiger partial charge in [-0.25, -0.2) is 4.39 Å². The number of ether oxygens (including phenoxy) is 2. The predicted molar refractivity (Wildman–Crippen MR) is 107 cm³/mol. The van der Waals surface area contributed by atoms with E-state index < -0.39 is 6.04 Å². The van der Waals surface area contributed by atoms with E-state index in [1.54, 1.807) is 35.0 Å². The van der Waals surface area contributed by atoms with E-state index in [1.807, 2.05) is 13.0 Å². The first-order valence-electron chi connectivity index (χ1n) is 9.30. The van der Waals surface area contributed by atoms with Crippen molar-refractivity contribution in [1.29, 1.82) is 0 Å². The molecule has 30 heavy (non-hydrogen) atoms. The summed E-state index contributed by atoms with van der Waals surface area (Å²) in [6.07, 6.45) is 0. The summed E-state index contributed by atoms with van der Waals surface area (Å²) >= 11 is 0. The monoisotopic (exact) mass is 409 g/mol. The Morgan fingerprint density at radius 1 is 1.23 bits per heavy atom. The van der Waals surface area contributed by atoms with E-state index in [4.69, 9.17) is 9.47 Å². The summed E-state index contributed by atoms with van der Waals surface area (Å²) in [6, 6.07) is 11.2. The molecule has 1 aliphatic heterocycles. The normalized spacial score (nSPS) is 15.4. The largest absolute Gasteiger partial charge is 0.493 e. The van der Waals surface area contributed by atoms with Crippen LogP contribution in [-0.4, -0.2) is 33.1 Å². The second-order valence-electron chi connectivity index (χ2n) is 6.86. The molecule has 9 heteroatoms. The molecule has 0 spiro atoms. The number of fused-ring (bicyclic) bond motifs is 1. The molecule has 1 aliphatic rings. The van der Waals surface area contributed by atoms with Crippen molar-refractivity contribution in [3.8, 4) is 11.5 Å². The van der Waals surface area contributed by atoms with Gasteiger partial charge >= 0.3 is 0 Å². The molecule has 1 unspecified atom stereocenters. The minimum atomic E-state index is -0.511. The van der Waals surface area contributed by atoms with Gasteiger partial charge in [-0.3, -0.25) is 4.79 Å². The number of aromatic nitrogens is 4. The molecule has 0 radical (unpaired) electrons. The Kier molecular flexibility index (Phi) is 5.18. The van der Waals surface area contributed by atoms with Gasteiger partial charge in [0.25, 0.3) is 0 Å². The van der Waals surface area contributed by atoms with Gasteiger partial charge in [0.05, 0.1) is 7.11 Å². The molecule has 1 aromatic heterocycles. The fourth-order valence-corrected chi connectivity index (χ4v) is 3.52. The lowest BCUT2D eigenvalue weighted by atomic mass is 9.93.